The highest BCUT2D eigenvalue weighted by molar-refractivity contribution is 7.92. The molecule has 0 radical (unpaired) electrons. The molecule has 1 unspecified atom stereocenters. The predicted molar refractivity (Wildman–Crippen MR) is 186 cm³/mol. The SMILES string of the molecule is Cc1ccc(S(=O)(=O)N(CC(=O)N(Cc2ccc(Cl)cc2Cl)C(Cc2ccccc2)C(=O)NCC(C)C)c2cccc(C)c2)cc1. The highest BCUT2D eigenvalue weighted by Crippen LogP contribution is 2.28. The van der Waals surface area contributed by atoms with Gasteiger partial charge in [0.2, 0.25) is 11.8 Å². The Morgan fingerprint density at radius 3 is 2.15 bits per heavy atom. The monoisotopic (exact) mass is 679 g/mol. The average Bonchev–Trinajstić information content (AvgIpc) is 3.01. The first kappa shape index (κ1) is 35.0. The van der Waals surface area contributed by atoms with Crippen molar-refractivity contribution in [1.29, 1.82) is 0 Å². The van der Waals surface area contributed by atoms with Crippen LogP contribution in [0.3, 0.4) is 0 Å². The van der Waals surface area contributed by atoms with Gasteiger partial charge in [0, 0.05) is 29.6 Å². The number of anilines is 1. The lowest BCUT2D eigenvalue weighted by molar-refractivity contribution is -0.140. The fourth-order valence-electron chi connectivity index (χ4n) is 4.96. The second kappa shape index (κ2) is 15.6. The minimum absolute atomic E-state index is 0.0479. The van der Waals surface area contributed by atoms with Gasteiger partial charge in [0.25, 0.3) is 10.0 Å². The fraction of sp³-hybridized carbons (Fsp3) is 0.278. The number of hydrogen-bond acceptors (Lipinski definition) is 4. The van der Waals surface area contributed by atoms with Crippen LogP contribution >= 0.6 is 23.2 Å². The van der Waals surface area contributed by atoms with E-state index in [1.165, 1.54) is 17.0 Å². The van der Waals surface area contributed by atoms with Gasteiger partial charge in [-0.1, -0.05) is 103 Å². The molecule has 0 bridgehead atoms. The summed E-state index contributed by atoms with van der Waals surface area (Å²) in [5.74, 6) is -0.740. The van der Waals surface area contributed by atoms with Crippen molar-refractivity contribution in [3.63, 3.8) is 0 Å². The molecule has 242 valence electrons. The summed E-state index contributed by atoms with van der Waals surface area (Å²) in [6, 6.07) is 26.8. The number of nitrogens with zero attached hydrogens (tertiary/aromatic N) is 2. The Hall–Kier alpha value is -3.85. The van der Waals surface area contributed by atoms with Crippen molar-refractivity contribution in [2.75, 3.05) is 17.4 Å². The molecule has 4 aromatic carbocycles. The molecule has 4 rings (SSSR count). The third-order valence-electron chi connectivity index (χ3n) is 7.49. The van der Waals surface area contributed by atoms with Crippen LogP contribution in [0.1, 0.15) is 36.1 Å². The van der Waals surface area contributed by atoms with E-state index in [4.69, 9.17) is 23.2 Å². The van der Waals surface area contributed by atoms with E-state index >= 15 is 0 Å². The molecular formula is C36H39Cl2N3O4S. The topological polar surface area (TPSA) is 86.8 Å². The molecule has 1 atom stereocenters. The Labute approximate surface area is 282 Å². The molecule has 0 saturated heterocycles. The number of carbonyl (C=O) groups excluding carboxylic acids is 2. The molecule has 2 amide bonds. The maximum atomic E-state index is 14.6. The lowest BCUT2D eigenvalue weighted by Gasteiger charge is -2.34. The number of nitrogens with one attached hydrogen (secondary N) is 1. The summed E-state index contributed by atoms with van der Waals surface area (Å²) in [4.78, 5) is 29.9. The summed E-state index contributed by atoms with van der Waals surface area (Å²) in [7, 11) is -4.19. The van der Waals surface area contributed by atoms with Crippen molar-refractivity contribution < 1.29 is 18.0 Å². The van der Waals surface area contributed by atoms with Crippen LogP contribution < -0.4 is 9.62 Å². The van der Waals surface area contributed by atoms with Gasteiger partial charge in [-0.2, -0.15) is 0 Å². The van der Waals surface area contributed by atoms with Crippen molar-refractivity contribution >= 4 is 50.7 Å². The summed E-state index contributed by atoms with van der Waals surface area (Å²) < 4.78 is 29.5. The molecule has 0 aliphatic carbocycles. The number of hydrogen-bond donors (Lipinski definition) is 1. The van der Waals surface area contributed by atoms with Gasteiger partial charge >= 0.3 is 0 Å². The van der Waals surface area contributed by atoms with E-state index in [9.17, 15) is 18.0 Å². The van der Waals surface area contributed by atoms with E-state index in [0.29, 0.717) is 27.8 Å². The minimum Gasteiger partial charge on any atom is -0.354 e. The van der Waals surface area contributed by atoms with Crippen LogP contribution in [-0.4, -0.2) is 44.3 Å². The second-order valence-electron chi connectivity index (χ2n) is 11.8. The predicted octanol–water partition coefficient (Wildman–Crippen LogP) is 7.22. The molecule has 0 aromatic heterocycles. The third-order valence-corrected chi connectivity index (χ3v) is 9.86. The maximum absolute atomic E-state index is 14.6. The van der Waals surface area contributed by atoms with Crippen LogP contribution in [0.15, 0.2) is 102 Å². The quantitative estimate of drug-likeness (QED) is 0.162. The average molecular weight is 681 g/mol. The maximum Gasteiger partial charge on any atom is 0.264 e. The van der Waals surface area contributed by atoms with Crippen LogP contribution in [-0.2, 0) is 32.6 Å². The molecule has 0 aliphatic rings. The van der Waals surface area contributed by atoms with E-state index in [1.807, 2.05) is 64.1 Å². The molecule has 0 fully saturated rings. The summed E-state index contributed by atoms with van der Waals surface area (Å²) in [5.41, 5.74) is 3.48. The Balaban J connectivity index is 1.82. The zero-order chi connectivity index (χ0) is 33.4. The number of rotatable bonds is 13. The van der Waals surface area contributed by atoms with Crippen LogP contribution in [0.2, 0.25) is 10.0 Å². The Morgan fingerprint density at radius 1 is 0.826 bits per heavy atom. The Kier molecular flexibility index (Phi) is 11.9. The molecule has 7 nitrogen and oxygen atoms in total. The number of halogens is 2. The van der Waals surface area contributed by atoms with Gasteiger partial charge in [-0.05, 0) is 72.9 Å². The largest absolute Gasteiger partial charge is 0.354 e. The first-order valence-electron chi connectivity index (χ1n) is 15.1. The van der Waals surface area contributed by atoms with Crippen LogP contribution in [0.4, 0.5) is 5.69 Å². The van der Waals surface area contributed by atoms with Crippen LogP contribution in [0.25, 0.3) is 0 Å². The zero-order valence-corrected chi connectivity index (χ0v) is 28.7. The lowest BCUT2D eigenvalue weighted by atomic mass is 10.0. The van der Waals surface area contributed by atoms with E-state index < -0.39 is 28.5 Å². The van der Waals surface area contributed by atoms with E-state index in [1.54, 1.807) is 48.5 Å². The van der Waals surface area contributed by atoms with Crippen molar-refractivity contribution in [2.45, 2.75) is 51.6 Å². The van der Waals surface area contributed by atoms with Crippen molar-refractivity contribution in [2.24, 2.45) is 5.92 Å². The molecule has 0 spiro atoms. The number of benzene rings is 4. The third kappa shape index (κ3) is 9.12. The summed E-state index contributed by atoms with van der Waals surface area (Å²) in [5, 5.41) is 3.74. The van der Waals surface area contributed by atoms with Crippen LogP contribution in [0.5, 0.6) is 0 Å². The first-order valence-corrected chi connectivity index (χ1v) is 17.3. The van der Waals surface area contributed by atoms with E-state index in [2.05, 4.69) is 5.32 Å². The minimum atomic E-state index is -4.19. The molecule has 10 heteroatoms. The number of sulfonamides is 1. The van der Waals surface area contributed by atoms with Crippen molar-refractivity contribution in [3.05, 3.63) is 129 Å². The lowest BCUT2D eigenvalue weighted by Crippen LogP contribution is -2.53. The number of amides is 2. The molecule has 4 aromatic rings. The molecule has 0 aliphatic heterocycles. The van der Waals surface area contributed by atoms with Gasteiger partial charge in [0.15, 0.2) is 0 Å². The fourth-order valence-corrected chi connectivity index (χ4v) is 6.83. The smallest absolute Gasteiger partial charge is 0.264 e. The number of carbonyl (C=O) groups is 2. The number of aryl methyl sites for hydroxylation is 2. The van der Waals surface area contributed by atoms with Gasteiger partial charge in [0.1, 0.15) is 12.6 Å². The first-order chi connectivity index (χ1) is 21.8. The van der Waals surface area contributed by atoms with Gasteiger partial charge in [-0.25, -0.2) is 8.42 Å². The van der Waals surface area contributed by atoms with Gasteiger partial charge in [0.05, 0.1) is 10.6 Å². The summed E-state index contributed by atoms with van der Waals surface area (Å²) in [6.45, 7) is 7.50. The second-order valence-corrected chi connectivity index (χ2v) is 14.5. The Morgan fingerprint density at radius 2 is 1.52 bits per heavy atom. The van der Waals surface area contributed by atoms with Crippen molar-refractivity contribution in [1.82, 2.24) is 10.2 Å². The van der Waals surface area contributed by atoms with E-state index in [-0.39, 0.29) is 29.7 Å². The van der Waals surface area contributed by atoms with Gasteiger partial charge < -0.3 is 10.2 Å². The molecule has 46 heavy (non-hydrogen) atoms. The summed E-state index contributed by atoms with van der Waals surface area (Å²) in [6.07, 6.45) is 0.205. The molecule has 0 saturated carbocycles. The Bertz CT molecular complexity index is 1760. The van der Waals surface area contributed by atoms with E-state index in [0.717, 1.165) is 21.0 Å². The standard InChI is InChI=1S/C36H39Cl2N3O4S/c1-25(2)22-39-36(43)34(20-28-10-6-5-7-11-28)40(23-29-15-16-30(37)21-33(29)38)35(42)24-41(31-12-8-9-27(4)19-31)46(44,45)32-17-13-26(3)14-18-32/h5-19,21,25,34H,20,22-24H2,1-4H3,(H,39,43). The molecule has 0 heterocycles. The molecule has 1 N–H and O–H groups in total. The summed E-state index contributed by atoms with van der Waals surface area (Å²) >= 11 is 12.8. The normalized spacial score (nSPS) is 12.1. The highest BCUT2D eigenvalue weighted by Gasteiger charge is 2.35. The zero-order valence-electron chi connectivity index (χ0n) is 26.4. The van der Waals surface area contributed by atoms with Crippen LogP contribution in [0, 0.1) is 19.8 Å². The van der Waals surface area contributed by atoms with Gasteiger partial charge in [-0.3, -0.25) is 13.9 Å². The van der Waals surface area contributed by atoms with Crippen molar-refractivity contribution in [3.8, 4) is 0 Å². The van der Waals surface area contributed by atoms with Gasteiger partial charge in [-0.15, -0.1) is 0 Å². The highest BCUT2D eigenvalue weighted by atomic mass is 35.5. The molecular weight excluding hydrogens is 641 g/mol.